The normalized spacial score (nSPS) is 12.4. The number of hydrogen-bond donors (Lipinski definition) is 2. The van der Waals surface area contributed by atoms with Crippen molar-refractivity contribution in [3.05, 3.63) is 0 Å². The van der Waals surface area contributed by atoms with Crippen molar-refractivity contribution in [2.75, 3.05) is 33.4 Å². The molecule has 0 aromatic heterocycles. The topological polar surface area (TPSA) is 67.6 Å². The Balaban J connectivity index is 4.11. The first-order valence-electron chi connectivity index (χ1n) is 6.28. The van der Waals surface area contributed by atoms with Crippen molar-refractivity contribution in [2.45, 2.75) is 32.7 Å². The Kier molecular flexibility index (Phi) is 9.82. The van der Waals surface area contributed by atoms with Crippen molar-refractivity contribution in [3.8, 4) is 0 Å². The standard InChI is InChI=1S/C12H25N3O2S/c1-4-10(2)14-12(16)9-15(7-8-17-3)6-5-11(13)18/h10H,4-9H2,1-3H3,(H2,13,18)(H,14,16). The van der Waals surface area contributed by atoms with Crippen molar-refractivity contribution in [1.29, 1.82) is 0 Å². The molecule has 6 heteroatoms. The Hall–Kier alpha value is -0.720. The van der Waals surface area contributed by atoms with Crippen molar-refractivity contribution in [1.82, 2.24) is 10.2 Å². The Morgan fingerprint density at radius 3 is 2.67 bits per heavy atom. The summed E-state index contributed by atoms with van der Waals surface area (Å²) in [5.41, 5.74) is 5.48. The largest absolute Gasteiger partial charge is 0.393 e. The maximum atomic E-state index is 11.8. The van der Waals surface area contributed by atoms with E-state index in [0.29, 0.717) is 37.7 Å². The number of nitrogens with two attached hydrogens (primary N) is 1. The summed E-state index contributed by atoms with van der Waals surface area (Å²) in [6, 6.07) is 0.206. The maximum Gasteiger partial charge on any atom is 0.234 e. The van der Waals surface area contributed by atoms with Gasteiger partial charge in [-0.3, -0.25) is 9.69 Å². The van der Waals surface area contributed by atoms with Gasteiger partial charge >= 0.3 is 0 Å². The summed E-state index contributed by atoms with van der Waals surface area (Å²) in [7, 11) is 1.64. The van der Waals surface area contributed by atoms with Crippen LogP contribution in [0.3, 0.4) is 0 Å². The SMILES string of the molecule is CCC(C)NC(=O)CN(CCOC)CCC(N)=S. The minimum absolute atomic E-state index is 0.0309. The van der Waals surface area contributed by atoms with Crippen LogP contribution in [0.1, 0.15) is 26.7 Å². The molecule has 18 heavy (non-hydrogen) atoms. The molecule has 3 N–H and O–H groups in total. The highest BCUT2D eigenvalue weighted by Crippen LogP contribution is 1.94. The van der Waals surface area contributed by atoms with Crippen LogP contribution in [0.25, 0.3) is 0 Å². The Labute approximate surface area is 115 Å². The molecule has 0 radical (unpaired) electrons. The summed E-state index contributed by atoms with van der Waals surface area (Å²) >= 11 is 4.85. The van der Waals surface area contributed by atoms with Gasteiger partial charge in [-0.25, -0.2) is 0 Å². The summed E-state index contributed by atoms with van der Waals surface area (Å²) < 4.78 is 5.03. The second-order valence-corrected chi connectivity index (χ2v) is 4.89. The van der Waals surface area contributed by atoms with Gasteiger partial charge in [-0.1, -0.05) is 19.1 Å². The smallest absolute Gasteiger partial charge is 0.234 e. The number of amides is 1. The molecule has 0 aliphatic heterocycles. The van der Waals surface area contributed by atoms with Gasteiger partial charge in [0, 0.05) is 32.7 Å². The van der Waals surface area contributed by atoms with E-state index < -0.39 is 0 Å². The van der Waals surface area contributed by atoms with Gasteiger partial charge in [0.25, 0.3) is 0 Å². The molecule has 5 nitrogen and oxygen atoms in total. The van der Waals surface area contributed by atoms with Crippen molar-refractivity contribution >= 4 is 23.1 Å². The molecule has 0 aromatic carbocycles. The summed E-state index contributed by atoms with van der Waals surface area (Å²) in [5, 5.41) is 2.94. The van der Waals surface area contributed by atoms with E-state index in [1.807, 2.05) is 18.7 Å². The predicted octanol–water partition coefficient (Wildman–Crippen LogP) is 0.526. The summed E-state index contributed by atoms with van der Waals surface area (Å²) in [6.45, 7) is 6.37. The van der Waals surface area contributed by atoms with E-state index in [9.17, 15) is 4.79 Å². The lowest BCUT2D eigenvalue weighted by atomic mass is 10.2. The highest BCUT2D eigenvalue weighted by molar-refractivity contribution is 7.80. The minimum atomic E-state index is 0.0309. The second kappa shape index (κ2) is 10.2. The lowest BCUT2D eigenvalue weighted by molar-refractivity contribution is -0.123. The number of nitrogens with zero attached hydrogens (tertiary/aromatic N) is 1. The van der Waals surface area contributed by atoms with E-state index in [2.05, 4.69) is 5.32 Å². The van der Waals surface area contributed by atoms with Crippen LogP contribution in [0.4, 0.5) is 0 Å². The molecule has 1 atom stereocenters. The lowest BCUT2D eigenvalue weighted by Crippen LogP contribution is -2.42. The number of ether oxygens (including phenoxy) is 1. The zero-order valence-corrected chi connectivity index (χ0v) is 12.4. The van der Waals surface area contributed by atoms with Gasteiger partial charge in [0.05, 0.1) is 18.1 Å². The van der Waals surface area contributed by atoms with Gasteiger partial charge in [0.2, 0.25) is 5.91 Å². The molecular formula is C12H25N3O2S. The highest BCUT2D eigenvalue weighted by Gasteiger charge is 2.12. The van der Waals surface area contributed by atoms with Crippen LogP contribution >= 0.6 is 12.2 Å². The molecule has 106 valence electrons. The summed E-state index contributed by atoms with van der Waals surface area (Å²) in [6.07, 6.45) is 1.55. The zero-order valence-electron chi connectivity index (χ0n) is 11.6. The minimum Gasteiger partial charge on any atom is -0.393 e. The number of carbonyl (C=O) groups excluding carboxylic acids is 1. The fourth-order valence-corrected chi connectivity index (χ4v) is 1.48. The molecule has 0 saturated heterocycles. The van der Waals surface area contributed by atoms with E-state index in [0.717, 1.165) is 6.42 Å². The zero-order chi connectivity index (χ0) is 14.0. The monoisotopic (exact) mass is 275 g/mol. The number of rotatable bonds is 10. The van der Waals surface area contributed by atoms with Gasteiger partial charge in [-0.2, -0.15) is 0 Å². The van der Waals surface area contributed by atoms with E-state index in [1.54, 1.807) is 7.11 Å². The van der Waals surface area contributed by atoms with Crippen LogP contribution in [0.2, 0.25) is 0 Å². The van der Waals surface area contributed by atoms with Crippen LogP contribution in [0.15, 0.2) is 0 Å². The first-order valence-corrected chi connectivity index (χ1v) is 6.69. The fraction of sp³-hybridized carbons (Fsp3) is 0.833. The second-order valence-electron chi connectivity index (χ2n) is 4.36. The quantitative estimate of drug-likeness (QED) is 0.569. The average Bonchev–Trinajstić information content (AvgIpc) is 2.32. The van der Waals surface area contributed by atoms with Crippen molar-refractivity contribution in [2.24, 2.45) is 5.73 Å². The van der Waals surface area contributed by atoms with Gasteiger partial charge in [0.1, 0.15) is 0 Å². The number of thiocarbonyl (C=S) groups is 1. The predicted molar refractivity (Wildman–Crippen MR) is 77.6 cm³/mol. The lowest BCUT2D eigenvalue weighted by Gasteiger charge is -2.22. The van der Waals surface area contributed by atoms with Crippen LogP contribution in [0.5, 0.6) is 0 Å². The van der Waals surface area contributed by atoms with Crippen molar-refractivity contribution in [3.63, 3.8) is 0 Å². The molecule has 0 saturated carbocycles. The van der Waals surface area contributed by atoms with Gasteiger partial charge < -0.3 is 15.8 Å². The third kappa shape index (κ3) is 9.32. The van der Waals surface area contributed by atoms with Gasteiger partial charge in [-0.15, -0.1) is 0 Å². The third-order valence-electron chi connectivity index (χ3n) is 2.67. The summed E-state index contributed by atoms with van der Waals surface area (Å²) in [5.74, 6) is 0.0309. The number of carbonyl (C=O) groups is 1. The van der Waals surface area contributed by atoms with E-state index >= 15 is 0 Å². The molecule has 0 aromatic rings. The third-order valence-corrected chi connectivity index (χ3v) is 2.88. The highest BCUT2D eigenvalue weighted by atomic mass is 32.1. The molecule has 1 amide bonds. The van der Waals surface area contributed by atoms with Crippen LogP contribution in [-0.4, -0.2) is 55.2 Å². The molecule has 0 spiro atoms. The maximum absolute atomic E-state index is 11.8. The van der Waals surface area contributed by atoms with E-state index in [4.69, 9.17) is 22.7 Å². The van der Waals surface area contributed by atoms with Crippen molar-refractivity contribution < 1.29 is 9.53 Å². The van der Waals surface area contributed by atoms with E-state index in [-0.39, 0.29) is 11.9 Å². The Bertz CT molecular complexity index is 262. The fourth-order valence-electron chi connectivity index (χ4n) is 1.38. The molecule has 0 aliphatic rings. The molecule has 0 heterocycles. The molecule has 0 rings (SSSR count). The molecule has 0 fully saturated rings. The first-order chi connectivity index (χ1) is 8.49. The van der Waals surface area contributed by atoms with Gasteiger partial charge in [0.15, 0.2) is 0 Å². The molecule has 0 bridgehead atoms. The first kappa shape index (κ1) is 17.3. The average molecular weight is 275 g/mol. The number of nitrogens with one attached hydrogen (secondary N) is 1. The molecule has 0 aliphatic carbocycles. The number of methoxy groups -OCH3 is 1. The Morgan fingerprint density at radius 1 is 1.50 bits per heavy atom. The summed E-state index contributed by atoms with van der Waals surface area (Å²) in [4.78, 5) is 14.2. The van der Waals surface area contributed by atoms with Crippen LogP contribution in [-0.2, 0) is 9.53 Å². The van der Waals surface area contributed by atoms with Gasteiger partial charge in [-0.05, 0) is 13.3 Å². The van der Waals surface area contributed by atoms with Crippen LogP contribution < -0.4 is 11.1 Å². The molecular weight excluding hydrogens is 250 g/mol. The number of hydrogen-bond acceptors (Lipinski definition) is 4. The van der Waals surface area contributed by atoms with E-state index in [1.165, 1.54) is 0 Å². The Morgan fingerprint density at radius 2 is 2.17 bits per heavy atom. The molecule has 1 unspecified atom stereocenters. The van der Waals surface area contributed by atoms with Crippen LogP contribution in [0, 0.1) is 0 Å².